The fraction of sp³-hybridized carbons (Fsp3) is 0.600. The fourth-order valence-electron chi connectivity index (χ4n) is 1.89. The topological polar surface area (TPSA) is 30.5 Å². The van der Waals surface area contributed by atoms with Crippen molar-refractivity contribution in [2.75, 3.05) is 33.4 Å². The van der Waals surface area contributed by atoms with Gasteiger partial charge in [-0.15, -0.1) is 0 Å². The van der Waals surface area contributed by atoms with Crippen LogP contribution >= 0.6 is 23.2 Å². The molecule has 1 aromatic carbocycles. The second-order valence-electron chi connectivity index (χ2n) is 4.51. The Morgan fingerprint density at radius 1 is 1.10 bits per heavy atom. The normalized spacial score (nSPS) is 10.8. The van der Waals surface area contributed by atoms with E-state index in [0.717, 1.165) is 49.5 Å². The molecule has 1 N–H and O–H groups in total. The van der Waals surface area contributed by atoms with Crippen LogP contribution in [0.3, 0.4) is 0 Å². The second kappa shape index (κ2) is 10.3. The van der Waals surface area contributed by atoms with Crippen LogP contribution in [0.15, 0.2) is 12.1 Å². The minimum absolute atomic E-state index is 0.586. The van der Waals surface area contributed by atoms with Crippen LogP contribution in [-0.4, -0.2) is 33.4 Å². The molecule has 20 heavy (non-hydrogen) atoms. The van der Waals surface area contributed by atoms with Crippen LogP contribution in [-0.2, 0) is 11.2 Å². The van der Waals surface area contributed by atoms with Crippen LogP contribution in [0.4, 0.5) is 0 Å². The Labute approximate surface area is 131 Å². The van der Waals surface area contributed by atoms with E-state index in [1.807, 2.05) is 13.0 Å². The Morgan fingerprint density at radius 3 is 2.60 bits per heavy atom. The first-order valence-electron chi connectivity index (χ1n) is 6.99. The van der Waals surface area contributed by atoms with E-state index in [9.17, 15) is 0 Å². The Kier molecular flexibility index (Phi) is 9.03. The molecule has 0 aliphatic heterocycles. The van der Waals surface area contributed by atoms with Crippen LogP contribution in [0, 0.1) is 0 Å². The zero-order chi connectivity index (χ0) is 14.8. The first-order valence-corrected chi connectivity index (χ1v) is 7.75. The molecule has 114 valence electrons. The molecule has 0 spiro atoms. The molecular formula is C15H23Cl2NO2. The molecule has 0 radical (unpaired) electrons. The predicted molar refractivity (Wildman–Crippen MR) is 85.3 cm³/mol. The number of benzene rings is 1. The minimum Gasteiger partial charge on any atom is -0.492 e. The molecule has 0 fully saturated rings. The number of hydrogen-bond acceptors (Lipinski definition) is 3. The predicted octanol–water partition coefficient (Wildman–Crippen LogP) is 3.95. The average Bonchev–Trinajstić information content (AvgIpc) is 2.43. The highest BCUT2D eigenvalue weighted by Gasteiger charge is 2.08. The Bertz CT molecular complexity index is 400. The molecule has 0 unspecified atom stereocenters. The van der Waals surface area contributed by atoms with Crippen LogP contribution in [0.2, 0.25) is 10.0 Å². The van der Waals surface area contributed by atoms with Gasteiger partial charge in [-0.1, -0.05) is 23.2 Å². The zero-order valence-corrected chi connectivity index (χ0v) is 13.7. The van der Waals surface area contributed by atoms with E-state index in [1.165, 1.54) is 0 Å². The van der Waals surface area contributed by atoms with Crippen LogP contribution in [0.1, 0.15) is 25.3 Å². The average molecular weight is 320 g/mol. The van der Waals surface area contributed by atoms with Crippen molar-refractivity contribution in [2.24, 2.45) is 0 Å². The van der Waals surface area contributed by atoms with Gasteiger partial charge in [0.2, 0.25) is 0 Å². The van der Waals surface area contributed by atoms with Crippen molar-refractivity contribution in [1.82, 2.24) is 5.32 Å². The summed E-state index contributed by atoms with van der Waals surface area (Å²) >= 11 is 12.4. The maximum atomic E-state index is 6.25. The van der Waals surface area contributed by atoms with E-state index in [0.29, 0.717) is 17.4 Å². The molecule has 0 bridgehead atoms. The van der Waals surface area contributed by atoms with Gasteiger partial charge in [-0.2, -0.15) is 0 Å². The highest BCUT2D eigenvalue weighted by molar-refractivity contribution is 6.34. The number of hydrogen-bond donors (Lipinski definition) is 1. The van der Waals surface area contributed by atoms with E-state index < -0.39 is 0 Å². The first kappa shape index (κ1) is 17.6. The number of aryl methyl sites for hydroxylation is 1. The van der Waals surface area contributed by atoms with Gasteiger partial charge in [0.25, 0.3) is 0 Å². The van der Waals surface area contributed by atoms with Gasteiger partial charge in [0.15, 0.2) is 0 Å². The molecule has 0 aliphatic carbocycles. The number of methoxy groups -OCH3 is 1. The highest BCUT2D eigenvalue weighted by Crippen LogP contribution is 2.31. The van der Waals surface area contributed by atoms with Crippen molar-refractivity contribution in [3.8, 4) is 5.75 Å². The summed E-state index contributed by atoms with van der Waals surface area (Å²) in [4.78, 5) is 0. The quantitative estimate of drug-likeness (QED) is 0.662. The third-order valence-electron chi connectivity index (χ3n) is 2.93. The largest absolute Gasteiger partial charge is 0.492 e. The summed E-state index contributed by atoms with van der Waals surface area (Å²) < 4.78 is 10.4. The van der Waals surface area contributed by atoms with Crippen LogP contribution < -0.4 is 10.1 Å². The molecule has 0 heterocycles. The summed E-state index contributed by atoms with van der Waals surface area (Å²) in [5.41, 5.74) is 1.08. The monoisotopic (exact) mass is 319 g/mol. The van der Waals surface area contributed by atoms with E-state index >= 15 is 0 Å². The van der Waals surface area contributed by atoms with Gasteiger partial charge < -0.3 is 14.8 Å². The summed E-state index contributed by atoms with van der Waals surface area (Å²) in [6.45, 7) is 5.15. The van der Waals surface area contributed by atoms with Gasteiger partial charge in [-0.05, 0) is 44.4 Å². The standard InChI is InChI=1S/C15H23Cl2NO2/c1-3-20-15-11-13(16)12(10-14(15)17)6-4-5-7-18-8-9-19-2/h10-11,18H,3-9H2,1-2H3. The summed E-state index contributed by atoms with van der Waals surface area (Å²) in [5.74, 6) is 0.657. The number of rotatable bonds is 10. The molecular weight excluding hydrogens is 297 g/mol. The van der Waals surface area contributed by atoms with Crippen molar-refractivity contribution < 1.29 is 9.47 Å². The summed E-state index contributed by atoms with van der Waals surface area (Å²) in [6.07, 6.45) is 3.10. The number of ether oxygens (including phenoxy) is 2. The molecule has 0 saturated heterocycles. The lowest BCUT2D eigenvalue weighted by Gasteiger charge is -2.10. The lowest BCUT2D eigenvalue weighted by Crippen LogP contribution is -2.20. The zero-order valence-electron chi connectivity index (χ0n) is 12.2. The van der Waals surface area contributed by atoms with Crippen molar-refractivity contribution in [2.45, 2.75) is 26.2 Å². The SMILES string of the molecule is CCOc1cc(Cl)c(CCCCNCCOC)cc1Cl. The molecule has 3 nitrogen and oxygen atoms in total. The molecule has 0 atom stereocenters. The Morgan fingerprint density at radius 2 is 1.90 bits per heavy atom. The lowest BCUT2D eigenvalue weighted by molar-refractivity contribution is 0.199. The molecule has 1 aromatic rings. The molecule has 0 aromatic heterocycles. The fourth-order valence-corrected chi connectivity index (χ4v) is 2.38. The molecule has 0 saturated carbocycles. The summed E-state index contributed by atoms with van der Waals surface area (Å²) in [6, 6.07) is 3.72. The van der Waals surface area contributed by atoms with Crippen molar-refractivity contribution in [3.05, 3.63) is 27.7 Å². The molecule has 5 heteroatoms. The molecule has 0 aliphatic rings. The third kappa shape index (κ3) is 6.31. The van der Waals surface area contributed by atoms with E-state index in [-0.39, 0.29) is 0 Å². The Balaban J connectivity index is 2.35. The van der Waals surface area contributed by atoms with E-state index in [4.69, 9.17) is 32.7 Å². The molecule has 0 amide bonds. The molecule has 1 rings (SSSR count). The maximum Gasteiger partial charge on any atom is 0.139 e. The first-order chi connectivity index (χ1) is 9.69. The van der Waals surface area contributed by atoms with Gasteiger partial charge in [-0.3, -0.25) is 0 Å². The van der Waals surface area contributed by atoms with E-state index in [1.54, 1.807) is 13.2 Å². The van der Waals surface area contributed by atoms with Crippen LogP contribution in [0.5, 0.6) is 5.75 Å². The van der Waals surface area contributed by atoms with Crippen molar-refractivity contribution in [3.63, 3.8) is 0 Å². The van der Waals surface area contributed by atoms with Gasteiger partial charge in [0, 0.05) is 24.7 Å². The lowest BCUT2D eigenvalue weighted by atomic mass is 10.1. The Hall–Kier alpha value is -0.480. The minimum atomic E-state index is 0.586. The number of unbranched alkanes of at least 4 members (excludes halogenated alkanes) is 1. The van der Waals surface area contributed by atoms with Crippen LogP contribution in [0.25, 0.3) is 0 Å². The third-order valence-corrected chi connectivity index (χ3v) is 3.58. The van der Waals surface area contributed by atoms with E-state index in [2.05, 4.69) is 5.32 Å². The highest BCUT2D eigenvalue weighted by atomic mass is 35.5. The smallest absolute Gasteiger partial charge is 0.139 e. The summed E-state index contributed by atoms with van der Waals surface area (Å²) in [5, 5.41) is 4.68. The van der Waals surface area contributed by atoms with Gasteiger partial charge in [0.05, 0.1) is 18.2 Å². The van der Waals surface area contributed by atoms with Crippen molar-refractivity contribution in [1.29, 1.82) is 0 Å². The number of nitrogens with one attached hydrogen (secondary N) is 1. The summed E-state index contributed by atoms with van der Waals surface area (Å²) in [7, 11) is 1.71. The van der Waals surface area contributed by atoms with Gasteiger partial charge in [0.1, 0.15) is 5.75 Å². The van der Waals surface area contributed by atoms with Gasteiger partial charge in [-0.25, -0.2) is 0 Å². The number of halogens is 2. The maximum absolute atomic E-state index is 6.25. The van der Waals surface area contributed by atoms with Crippen molar-refractivity contribution >= 4 is 23.2 Å². The van der Waals surface area contributed by atoms with Gasteiger partial charge >= 0.3 is 0 Å². The second-order valence-corrected chi connectivity index (χ2v) is 5.32.